The molecule has 1 aromatic carbocycles. The van der Waals surface area contributed by atoms with Crippen molar-refractivity contribution in [3.8, 4) is 6.07 Å². The predicted molar refractivity (Wildman–Crippen MR) is 76.5 cm³/mol. The number of hydrogen-bond acceptors (Lipinski definition) is 4. The number of anilines is 1. The van der Waals surface area contributed by atoms with Gasteiger partial charge in [-0.1, -0.05) is 0 Å². The lowest BCUT2D eigenvalue weighted by Gasteiger charge is -2.34. The van der Waals surface area contributed by atoms with Gasteiger partial charge in [-0.05, 0) is 38.0 Å². The van der Waals surface area contributed by atoms with Crippen molar-refractivity contribution < 1.29 is 13.9 Å². The molecule has 1 heterocycles. The molecular weight excluding hydrogens is 273 g/mol. The largest absolute Gasteiger partial charge is 0.450 e. The Balaban J connectivity index is 2.04. The number of carbonyl (C=O) groups is 1. The van der Waals surface area contributed by atoms with Crippen LogP contribution in [-0.2, 0) is 4.74 Å². The van der Waals surface area contributed by atoms with E-state index in [2.05, 4.69) is 5.32 Å². The maximum Gasteiger partial charge on any atom is 0.407 e. The Morgan fingerprint density at radius 1 is 1.62 bits per heavy atom. The summed E-state index contributed by atoms with van der Waals surface area (Å²) in [5.41, 5.74) is 0.763. The zero-order valence-electron chi connectivity index (χ0n) is 11.9. The van der Waals surface area contributed by atoms with Gasteiger partial charge in [0.25, 0.3) is 0 Å². The zero-order valence-corrected chi connectivity index (χ0v) is 11.9. The molecule has 0 bridgehead atoms. The van der Waals surface area contributed by atoms with Crippen molar-refractivity contribution in [2.45, 2.75) is 25.8 Å². The molecular formula is C15H18FN3O2. The molecule has 0 radical (unpaired) electrons. The first-order valence-electron chi connectivity index (χ1n) is 7.02. The topological polar surface area (TPSA) is 65.4 Å². The van der Waals surface area contributed by atoms with E-state index in [1.54, 1.807) is 19.1 Å². The van der Waals surface area contributed by atoms with Gasteiger partial charge in [0.15, 0.2) is 0 Å². The Kier molecular flexibility index (Phi) is 4.99. The third-order valence-corrected chi connectivity index (χ3v) is 3.44. The van der Waals surface area contributed by atoms with E-state index in [1.807, 2.05) is 11.0 Å². The molecule has 0 saturated carbocycles. The number of rotatable bonds is 3. The van der Waals surface area contributed by atoms with Crippen molar-refractivity contribution in [2.24, 2.45) is 0 Å². The van der Waals surface area contributed by atoms with Crippen molar-refractivity contribution in [1.29, 1.82) is 5.26 Å². The number of hydrogen-bond donors (Lipinski definition) is 1. The third kappa shape index (κ3) is 3.85. The fraction of sp³-hybridized carbons (Fsp3) is 0.467. The van der Waals surface area contributed by atoms with E-state index in [0.29, 0.717) is 24.4 Å². The first-order chi connectivity index (χ1) is 10.1. The monoisotopic (exact) mass is 291 g/mol. The normalized spacial score (nSPS) is 18.0. The number of ether oxygens (including phenoxy) is 1. The highest BCUT2D eigenvalue weighted by atomic mass is 19.1. The summed E-state index contributed by atoms with van der Waals surface area (Å²) in [6.45, 7) is 3.33. The number of amides is 1. The van der Waals surface area contributed by atoms with E-state index in [1.165, 1.54) is 6.07 Å². The predicted octanol–water partition coefficient (Wildman–Crippen LogP) is 2.41. The average Bonchev–Trinajstić information content (AvgIpc) is 2.47. The highest BCUT2D eigenvalue weighted by molar-refractivity contribution is 5.67. The minimum atomic E-state index is -0.440. The summed E-state index contributed by atoms with van der Waals surface area (Å²) in [6, 6.07) is 6.30. The maximum absolute atomic E-state index is 14.0. The molecule has 1 saturated heterocycles. The van der Waals surface area contributed by atoms with E-state index < -0.39 is 11.9 Å². The number of piperidine rings is 1. The standard InChI is InChI=1S/C15H18FN3O2/c1-2-21-15(20)18-12-4-3-7-19(10-12)14-6-5-11(9-17)8-13(14)16/h5-6,8,12H,2-4,7,10H2,1H3,(H,18,20). The van der Waals surface area contributed by atoms with E-state index in [9.17, 15) is 9.18 Å². The summed E-state index contributed by atoms with van der Waals surface area (Å²) in [7, 11) is 0. The second kappa shape index (κ2) is 6.93. The number of alkyl carbamates (subject to hydrolysis) is 1. The molecule has 21 heavy (non-hydrogen) atoms. The number of nitriles is 1. The zero-order chi connectivity index (χ0) is 15.2. The molecule has 1 aliphatic heterocycles. The lowest BCUT2D eigenvalue weighted by molar-refractivity contribution is 0.146. The van der Waals surface area contributed by atoms with Gasteiger partial charge >= 0.3 is 6.09 Å². The molecule has 1 aliphatic rings. The molecule has 5 nitrogen and oxygen atoms in total. The lowest BCUT2D eigenvalue weighted by Crippen LogP contribution is -2.48. The van der Waals surface area contributed by atoms with Crippen LogP contribution in [0.4, 0.5) is 14.9 Å². The Morgan fingerprint density at radius 3 is 3.10 bits per heavy atom. The minimum absolute atomic E-state index is 0.0622. The SMILES string of the molecule is CCOC(=O)NC1CCCN(c2ccc(C#N)cc2F)C1. The van der Waals surface area contributed by atoms with Gasteiger partial charge in [0, 0.05) is 19.1 Å². The van der Waals surface area contributed by atoms with Crippen molar-refractivity contribution in [2.75, 3.05) is 24.6 Å². The van der Waals surface area contributed by atoms with Crippen LogP contribution in [0.15, 0.2) is 18.2 Å². The number of carbonyl (C=O) groups excluding carboxylic acids is 1. The second-order valence-electron chi connectivity index (χ2n) is 4.93. The summed E-state index contributed by atoms with van der Waals surface area (Å²) in [4.78, 5) is 13.3. The van der Waals surface area contributed by atoms with Crippen LogP contribution in [0.25, 0.3) is 0 Å². The number of nitrogens with zero attached hydrogens (tertiary/aromatic N) is 2. The molecule has 1 N–H and O–H groups in total. The van der Waals surface area contributed by atoms with E-state index in [4.69, 9.17) is 10.00 Å². The molecule has 0 aromatic heterocycles. The van der Waals surface area contributed by atoms with E-state index in [0.717, 1.165) is 19.4 Å². The van der Waals surface area contributed by atoms with Crippen LogP contribution in [0, 0.1) is 17.1 Å². The molecule has 0 aliphatic carbocycles. The summed E-state index contributed by atoms with van der Waals surface area (Å²) in [5, 5.41) is 11.5. The smallest absolute Gasteiger partial charge is 0.407 e. The molecule has 6 heteroatoms. The van der Waals surface area contributed by atoms with Crippen LogP contribution in [0.3, 0.4) is 0 Å². The Hall–Kier alpha value is -2.29. The molecule has 1 atom stereocenters. The maximum atomic E-state index is 14.0. The van der Waals surface area contributed by atoms with Crippen molar-refractivity contribution in [3.05, 3.63) is 29.6 Å². The Morgan fingerprint density at radius 2 is 2.43 bits per heavy atom. The first kappa shape index (κ1) is 15.1. The van der Waals surface area contributed by atoms with Crippen molar-refractivity contribution in [3.63, 3.8) is 0 Å². The molecule has 1 amide bonds. The van der Waals surface area contributed by atoms with Crippen LogP contribution >= 0.6 is 0 Å². The van der Waals surface area contributed by atoms with Gasteiger partial charge in [0.1, 0.15) is 5.82 Å². The number of benzene rings is 1. The molecule has 112 valence electrons. The quantitative estimate of drug-likeness (QED) is 0.928. The highest BCUT2D eigenvalue weighted by Gasteiger charge is 2.23. The molecule has 1 aromatic rings. The van der Waals surface area contributed by atoms with Crippen LogP contribution in [0.5, 0.6) is 0 Å². The van der Waals surface area contributed by atoms with Gasteiger partial charge in [-0.25, -0.2) is 9.18 Å². The van der Waals surface area contributed by atoms with Crippen molar-refractivity contribution >= 4 is 11.8 Å². The van der Waals surface area contributed by atoms with Gasteiger partial charge in [0.05, 0.1) is 23.9 Å². The fourth-order valence-corrected chi connectivity index (χ4v) is 2.49. The first-order valence-corrected chi connectivity index (χ1v) is 7.02. The third-order valence-electron chi connectivity index (χ3n) is 3.44. The second-order valence-corrected chi connectivity index (χ2v) is 4.93. The number of halogens is 1. The minimum Gasteiger partial charge on any atom is -0.450 e. The summed E-state index contributed by atoms with van der Waals surface area (Å²) in [6.07, 6.45) is 1.26. The fourth-order valence-electron chi connectivity index (χ4n) is 2.49. The Bertz CT molecular complexity index is 556. The van der Waals surface area contributed by atoms with E-state index in [-0.39, 0.29) is 6.04 Å². The van der Waals surface area contributed by atoms with Crippen LogP contribution in [-0.4, -0.2) is 31.8 Å². The van der Waals surface area contributed by atoms with Crippen LogP contribution in [0.1, 0.15) is 25.3 Å². The van der Waals surface area contributed by atoms with Gasteiger partial charge in [-0.15, -0.1) is 0 Å². The highest BCUT2D eigenvalue weighted by Crippen LogP contribution is 2.24. The summed E-state index contributed by atoms with van der Waals surface area (Å²) in [5.74, 6) is -0.411. The van der Waals surface area contributed by atoms with Crippen LogP contribution < -0.4 is 10.2 Å². The van der Waals surface area contributed by atoms with Crippen LogP contribution in [0.2, 0.25) is 0 Å². The van der Waals surface area contributed by atoms with E-state index >= 15 is 0 Å². The molecule has 0 spiro atoms. The van der Waals surface area contributed by atoms with Gasteiger partial charge in [-0.2, -0.15) is 5.26 Å². The van der Waals surface area contributed by atoms with Gasteiger partial charge < -0.3 is 15.0 Å². The number of nitrogens with one attached hydrogen (secondary N) is 1. The summed E-state index contributed by atoms with van der Waals surface area (Å²) < 4.78 is 18.9. The van der Waals surface area contributed by atoms with Gasteiger partial charge in [0.2, 0.25) is 0 Å². The summed E-state index contributed by atoms with van der Waals surface area (Å²) >= 11 is 0. The molecule has 1 fully saturated rings. The molecule has 1 unspecified atom stereocenters. The van der Waals surface area contributed by atoms with Crippen molar-refractivity contribution in [1.82, 2.24) is 5.32 Å². The Labute approximate surface area is 123 Å². The average molecular weight is 291 g/mol. The van der Waals surface area contributed by atoms with Gasteiger partial charge in [-0.3, -0.25) is 0 Å². The lowest BCUT2D eigenvalue weighted by atomic mass is 10.0. The molecule has 2 rings (SSSR count).